The third-order valence-corrected chi connectivity index (χ3v) is 14.4. The van der Waals surface area contributed by atoms with Crippen molar-refractivity contribution in [1.82, 2.24) is 0 Å². The molecular formula is C53H53B2NO4. The predicted molar refractivity (Wildman–Crippen MR) is 251 cm³/mol. The van der Waals surface area contributed by atoms with Crippen molar-refractivity contribution in [3.63, 3.8) is 0 Å². The van der Waals surface area contributed by atoms with Gasteiger partial charge in [-0.3, -0.25) is 0 Å². The van der Waals surface area contributed by atoms with Crippen molar-refractivity contribution in [2.24, 2.45) is 0 Å². The fourth-order valence-electron chi connectivity index (χ4n) is 9.29. The Balaban J connectivity index is 1.04. The first-order valence-corrected chi connectivity index (χ1v) is 21.4. The lowest BCUT2D eigenvalue weighted by Gasteiger charge is -2.32. The number of hydrogen-bond acceptors (Lipinski definition) is 5. The van der Waals surface area contributed by atoms with E-state index in [2.05, 4.69) is 214 Å². The Bertz CT molecular complexity index is 2710. The van der Waals surface area contributed by atoms with Gasteiger partial charge < -0.3 is 23.5 Å². The van der Waals surface area contributed by atoms with Crippen LogP contribution in [0.25, 0.3) is 43.8 Å². The lowest BCUT2D eigenvalue weighted by Crippen LogP contribution is -2.41. The van der Waals surface area contributed by atoms with Gasteiger partial charge in [0, 0.05) is 22.5 Å². The lowest BCUT2D eigenvalue weighted by atomic mass is 9.79. The quantitative estimate of drug-likeness (QED) is 0.124. The van der Waals surface area contributed by atoms with Crippen LogP contribution in [0.4, 0.5) is 17.1 Å². The molecule has 2 fully saturated rings. The summed E-state index contributed by atoms with van der Waals surface area (Å²) in [6.45, 7) is 21.5. The van der Waals surface area contributed by atoms with E-state index < -0.39 is 36.6 Å². The van der Waals surface area contributed by atoms with Crippen molar-refractivity contribution in [1.29, 1.82) is 0 Å². The Hall–Kier alpha value is -5.17. The van der Waals surface area contributed by atoms with E-state index in [-0.39, 0.29) is 5.41 Å². The minimum Gasteiger partial charge on any atom is -0.399 e. The SMILES string of the molecule is CC1(C)c2cc(-c3cc4ccccc4c4ccccc34)ccc2-c2ccc(N(c3ccc(B4OC(C)(C)C(C)(C)O4)cc3)c3ccc(B4OC(C)(C)C(C)(C)O4)cc3)cc21. The molecule has 2 heterocycles. The molecule has 0 N–H and O–H groups in total. The molecule has 0 atom stereocenters. The topological polar surface area (TPSA) is 40.2 Å². The second kappa shape index (κ2) is 13.4. The second-order valence-corrected chi connectivity index (χ2v) is 19.5. The van der Waals surface area contributed by atoms with Gasteiger partial charge in [-0.1, -0.05) is 105 Å². The van der Waals surface area contributed by atoms with Gasteiger partial charge in [0.25, 0.3) is 0 Å². The van der Waals surface area contributed by atoms with Crippen LogP contribution in [-0.4, -0.2) is 36.6 Å². The summed E-state index contributed by atoms with van der Waals surface area (Å²) in [6.07, 6.45) is 0. The van der Waals surface area contributed by atoms with Crippen molar-refractivity contribution >= 4 is 63.8 Å². The zero-order valence-electron chi connectivity index (χ0n) is 36.5. The van der Waals surface area contributed by atoms with Crippen molar-refractivity contribution in [2.75, 3.05) is 4.90 Å². The Morgan fingerprint density at radius 1 is 0.383 bits per heavy atom. The molecule has 0 radical (unpaired) electrons. The molecule has 0 amide bonds. The third-order valence-electron chi connectivity index (χ3n) is 14.4. The molecule has 1 aliphatic carbocycles. The number of anilines is 3. The van der Waals surface area contributed by atoms with E-state index in [1.807, 2.05) is 0 Å². The average Bonchev–Trinajstić information content (AvgIpc) is 3.70. The number of nitrogens with zero attached hydrogens (tertiary/aromatic N) is 1. The fraction of sp³-hybridized carbons (Fsp3) is 0.283. The Kier molecular flexibility index (Phi) is 8.72. The summed E-state index contributed by atoms with van der Waals surface area (Å²) >= 11 is 0. The van der Waals surface area contributed by atoms with Gasteiger partial charge in [-0.15, -0.1) is 0 Å². The molecule has 7 aromatic carbocycles. The fourth-order valence-corrected chi connectivity index (χ4v) is 9.29. The van der Waals surface area contributed by atoms with Crippen LogP contribution in [0.3, 0.4) is 0 Å². The maximum atomic E-state index is 6.43. The number of rotatable bonds is 6. The summed E-state index contributed by atoms with van der Waals surface area (Å²) < 4.78 is 25.7. The molecule has 7 heteroatoms. The molecule has 0 saturated carbocycles. The summed E-state index contributed by atoms with van der Waals surface area (Å²) in [6, 6.07) is 51.2. The van der Waals surface area contributed by atoms with Crippen LogP contribution < -0.4 is 15.8 Å². The van der Waals surface area contributed by atoms with Crippen LogP contribution in [0.2, 0.25) is 0 Å². The molecule has 5 nitrogen and oxygen atoms in total. The van der Waals surface area contributed by atoms with Gasteiger partial charge in [0.15, 0.2) is 0 Å². The maximum absolute atomic E-state index is 6.43. The van der Waals surface area contributed by atoms with Gasteiger partial charge in [-0.05, 0) is 170 Å². The van der Waals surface area contributed by atoms with Gasteiger partial charge in [0.2, 0.25) is 0 Å². The number of benzene rings is 7. The van der Waals surface area contributed by atoms with E-state index in [0.29, 0.717) is 0 Å². The summed E-state index contributed by atoms with van der Waals surface area (Å²) in [5.74, 6) is 0. The van der Waals surface area contributed by atoms with Gasteiger partial charge in [-0.25, -0.2) is 0 Å². The first-order valence-electron chi connectivity index (χ1n) is 21.4. The molecule has 2 saturated heterocycles. The van der Waals surface area contributed by atoms with Crippen LogP contribution >= 0.6 is 0 Å². The summed E-state index contributed by atoms with van der Waals surface area (Å²) in [5, 5.41) is 5.10. The molecule has 0 aromatic heterocycles. The summed E-state index contributed by atoms with van der Waals surface area (Å²) in [7, 11) is -0.873. The van der Waals surface area contributed by atoms with E-state index in [1.54, 1.807) is 0 Å². The highest BCUT2D eigenvalue weighted by molar-refractivity contribution is 6.62. The monoisotopic (exact) mass is 789 g/mol. The standard InChI is InChI=1S/C53H53B2NO4/c1-49(2)47-32-35(46-31-34-15-11-12-16-41(34)42-17-13-14-18-43(42)46)19-29-44(47)45-30-28-40(33-48(45)49)56(38-24-20-36(21-25-38)54-57-50(3,4)51(5,6)58-54)39-26-22-37(23-27-39)55-59-52(7,8)53(9,10)60-55/h11-33H,1-10H3. The highest BCUT2D eigenvalue weighted by Gasteiger charge is 2.53. The molecule has 2 aliphatic heterocycles. The molecular weight excluding hydrogens is 736 g/mol. The predicted octanol–water partition coefficient (Wildman–Crippen LogP) is 12.0. The van der Waals surface area contributed by atoms with Gasteiger partial charge in [0.05, 0.1) is 22.4 Å². The molecule has 0 bridgehead atoms. The van der Waals surface area contributed by atoms with Crippen LogP contribution in [-0.2, 0) is 24.0 Å². The minimum atomic E-state index is -0.437. The molecule has 60 heavy (non-hydrogen) atoms. The van der Waals surface area contributed by atoms with Crippen LogP contribution in [0.15, 0.2) is 140 Å². The second-order valence-electron chi connectivity index (χ2n) is 19.5. The van der Waals surface area contributed by atoms with Gasteiger partial charge in [-0.2, -0.15) is 0 Å². The minimum absolute atomic E-state index is 0.240. The third kappa shape index (κ3) is 6.08. The first-order chi connectivity index (χ1) is 28.4. The molecule has 3 aliphatic rings. The normalized spacial score (nSPS) is 19.2. The molecule has 0 unspecified atom stereocenters. The highest BCUT2D eigenvalue weighted by atomic mass is 16.7. The Morgan fingerprint density at radius 3 is 1.35 bits per heavy atom. The van der Waals surface area contributed by atoms with Crippen LogP contribution in [0, 0.1) is 0 Å². The summed E-state index contributed by atoms with van der Waals surface area (Å²) in [4.78, 5) is 2.34. The molecule has 10 rings (SSSR count). The number of fused-ring (bicyclic) bond motifs is 6. The largest absolute Gasteiger partial charge is 0.494 e. The van der Waals surface area contributed by atoms with Gasteiger partial charge in [0.1, 0.15) is 0 Å². The van der Waals surface area contributed by atoms with Crippen LogP contribution in [0.5, 0.6) is 0 Å². The zero-order valence-corrected chi connectivity index (χ0v) is 36.5. The highest BCUT2D eigenvalue weighted by Crippen LogP contribution is 2.52. The Labute approximate surface area is 355 Å². The smallest absolute Gasteiger partial charge is 0.399 e. The van der Waals surface area contributed by atoms with E-state index in [1.165, 1.54) is 54.9 Å². The van der Waals surface area contributed by atoms with E-state index in [0.717, 1.165) is 28.0 Å². The van der Waals surface area contributed by atoms with Crippen molar-refractivity contribution in [2.45, 2.75) is 97.1 Å². The van der Waals surface area contributed by atoms with Gasteiger partial charge >= 0.3 is 14.2 Å². The number of hydrogen-bond donors (Lipinski definition) is 0. The average molecular weight is 790 g/mol. The summed E-state index contributed by atoms with van der Waals surface area (Å²) in [5.41, 5.74) is 11.0. The van der Waals surface area contributed by atoms with E-state index in [4.69, 9.17) is 18.6 Å². The van der Waals surface area contributed by atoms with Crippen molar-refractivity contribution < 1.29 is 18.6 Å². The molecule has 300 valence electrons. The molecule has 7 aromatic rings. The Morgan fingerprint density at radius 2 is 0.817 bits per heavy atom. The van der Waals surface area contributed by atoms with Crippen molar-refractivity contribution in [3.8, 4) is 22.3 Å². The lowest BCUT2D eigenvalue weighted by molar-refractivity contribution is 0.00578. The zero-order chi connectivity index (χ0) is 42.0. The van der Waals surface area contributed by atoms with E-state index in [9.17, 15) is 0 Å². The van der Waals surface area contributed by atoms with E-state index >= 15 is 0 Å². The maximum Gasteiger partial charge on any atom is 0.494 e. The van der Waals surface area contributed by atoms with Crippen molar-refractivity contribution in [3.05, 3.63) is 151 Å². The molecule has 0 spiro atoms. The van der Waals surface area contributed by atoms with Crippen LogP contribution in [0.1, 0.15) is 80.4 Å². The first kappa shape index (κ1) is 39.0.